The van der Waals surface area contributed by atoms with Crippen molar-refractivity contribution in [3.05, 3.63) is 59.7 Å². The van der Waals surface area contributed by atoms with E-state index in [1.165, 1.54) is 4.90 Å². The predicted octanol–water partition coefficient (Wildman–Crippen LogP) is 2.95. The van der Waals surface area contributed by atoms with E-state index >= 15 is 0 Å². The van der Waals surface area contributed by atoms with Crippen molar-refractivity contribution in [3.63, 3.8) is 0 Å². The number of likely N-dealkylation sites (N-methyl/N-ethyl adjacent to an activating group) is 1. The molecule has 0 aromatic heterocycles. The maximum absolute atomic E-state index is 12.8. The van der Waals surface area contributed by atoms with Crippen LogP contribution in [-0.2, 0) is 9.59 Å². The van der Waals surface area contributed by atoms with Crippen molar-refractivity contribution < 1.29 is 19.1 Å². The van der Waals surface area contributed by atoms with E-state index in [-0.39, 0.29) is 30.2 Å². The molecule has 1 N–H and O–H groups in total. The minimum atomic E-state index is -0.253. The molecular formula is C24H29N3O4. The number of hydrogen-bond acceptors (Lipinski definition) is 4. The van der Waals surface area contributed by atoms with E-state index in [4.69, 9.17) is 4.74 Å². The zero-order valence-corrected chi connectivity index (χ0v) is 18.3. The SMILES string of the molecule is Cc1ccc(C(=O)N2CCCC(C(=O)Nc3ccc(OCC(=O)N(C)C)cc3)C2)cc1. The maximum atomic E-state index is 12.8. The second-order valence-electron chi connectivity index (χ2n) is 8.05. The van der Waals surface area contributed by atoms with Crippen LogP contribution in [0.3, 0.4) is 0 Å². The summed E-state index contributed by atoms with van der Waals surface area (Å²) in [5, 5.41) is 2.92. The van der Waals surface area contributed by atoms with Crippen LogP contribution in [0.4, 0.5) is 5.69 Å². The fourth-order valence-corrected chi connectivity index (χ4v) is 3.41. The van der Waals surface area contributed by atoms with E-state index in [9.17, 15) is 14.4 Å². The summed E-state index contributed by atoms with van der Waals surface area (Å²) in [5.41, 5.74) is 2.40. The van der Waals surface area contributed by atoms with Gasteiger partial charge in [0.2, 0.25) is 5.91 Å². The number of amides is 3. The Bertz CT molecular complexity index is 923. The number of benzene rings is 2. The lowest BCUT2D eigenvalue weighted by atomic mass is 9.96. The van der Waals surface area contributed by atoms with Gasteiger partial charge in [-0.3, -0.25) is 14.4 Å². The van der Waals surface area contributed by atoms with Crippen LogP contribution in [0.15, 0.2) is 48.5 Å². The lowest BCUT2D eigenvalue weighted by molar-refractivity contribution is -0.130. The highest BCUT2D eigenvalue weighted by Gasteiger charge is 2.29. The molecule has 0 bridgehead atoms. The van der Waals surface area contributed by atoms with Gasteiger partial charge in [0.15, 0.2) is 6.61 Å². The van der Waals surface area contributed by atoms with Gasteiger partial charge in [-0.1, -0.05) is 17.7 Å². The Morgan fingerprint density at radius 2 is 1.74 bits per heavy atom. The molecule has 1 heterocycles. The number of aryl methyl sites for hydroxylation is 1. The standard InChI is InChI=1S/C24H29N3O4/c1-17-6-8-18(9-7-17)24(30)27-14-4-5-19(15-27)23(29)25-20-10-12-21(13-11-20)31-16-22(28)26(2)3/h6-13,19H,4-5,14-16H2,1-3H3,(H,25,29). The van der Waals surface area contributed by atoms with Crippen LogP contribution >= 0.6 is 0 Å². The minimum absolute atomic E-state index is 0.0359. The van der Waals surface area contributed by atoms with Crippen LogP contribution < -0.4 is 10.1 Å². The molecule has 1 aliphatic rings. The highest BCUT2D eigenvalue weighted by Crippen LogP contribution is 2.22. The first-order valence-corrected chi connectivity index (χ1v) is 10.4. The van der Waals surface area contributed by atoms with Crippen molar-refractivity contribution in [1.29, 1.82) is 0 Å². The lowest BCUT2D eigenvalue weighted by Crippen LogP contribution is -2.43. The van der Waals surface area contributed by atoms with Crippen molar-refractivity contribution in [2.24, 2.45) is 5.92 Å². The number of rotatable bonds is 6. The smallest absolute Gasteiger partial charge is 0.259 e. The Labute approximate surface area is 183 Å². The summed E-state index contributed by atoms with van der Waals surface area (Å²) in [4.78, 5) is 40.4. The first kappa shape index (κ1) is 22.3. The van der Waals surface area contributed by atoms with E-state index < -0.39 is 0 Å². The number of ether oxygens (including phenoxy) is 1. The lowest BCUT2D eigenvalue weighted by Gasteiger charge is -2.32. The highest BCUT2D eigenvalue weighted by atomic mass is 16.5. The molecule has 3 rings (SSSR count). The summed E-state index contributed by atoms with van der Waals surface area (Å²) in [5.74, 6) is 0.0427. The predicted molar refractivity (Wildman–Crippen MR) is 119 cm³/mol. The molecule has 1 unspecified atom stereocenters. The largest absolute Gasteiger partial charge is 0.484 e. The van der Waals surface area contributed by atoms with Gasteiger partial charge >= 0.3 is 0 Å². The molecule has 7 nitrogen and oxygen atoms in total. The summed E-state index contributed by atoms with van der Waals surface area (Å²) in [6.45, 7) is 3.02. The molecule has 2 aromatic carbocycles. The van der Waals surface area contributed by atoms with Crippen LogP contribution in [0.2, 0.25) is 0 Å². The number of carbonyl (C=O) groups is 3. The van der Waals surface area contributed by atoms with Crippen LogP contribution in [0.25, 0.3) is 0 Å². The molecule has 7 heteroatoms. The molecule has 1 aliphatic heterocycles. The number of hydrogen-bond donors (Lipinski definition) is 1. The van der Waals surface area contributed by atoms with Gasteiger partial charge in [0.05, 0.1) is 5.92 Å². The number of piperidine rings is 1. The minimum Gasteiger partial charge on any atom is -0.484 e. The summed E-state index contributed by atoms with van der Waals surface area (Å²) >= 11 is 0. The van der Waals surface area contributed by atoms with Gasteiger partial charge < -0.3 is 19.9 Å². The van der Waals surface area contributed by atoms with Crippen molar-refractivity contribution >= 4 is 23.4 Å². The Morgan fingerprint density at radius 3 is 2.39 bits per heavy atom. The van der Waals surface area contributed by atoms with Crippen molar-refractivity contribution in [3.8, 4) is 5.75 Å². The zero-order chi connectivity index (χ0) is 22.4. The molecule has 1 atom stereocenters. The maximum Gasteiger partial charge on any atom is 0.259 e. The quantitative estimate of drug-likeness (QED) is 0.775. The number of nitrogens with one attached hydrogen (secondary N) is 1. The molecule has 164 valence electrons. The Balaban J connectivity index is 1.54. The molecule has 1 fully saturated rings. The zero-order valence-electron chi connectivity index (χ0n) is 18.3. The molecule has 31 heavy (non-hydrogen) atoms. The van der Waals surface area contributed by atoms with Gasteiger partial charge in [-0.2, -0.15) is 0 Å². The first-order valence-electron chi connectivity index (χ1n) is 10.4. The van der Waals surface area contributed by atoms with E-state index in [1.807, 2.05) is 31.2 Å². The normalized spacial score (nSPS) is 15.8. The molecular weight excluding hydrogens is 394 g/mol. The average Bonchev–Trinajstić information content (AvgIpc) is 2.78. The van der Waals surface area contributed by atoms with Crippen molar-refractivity contribution in [2.75, 3.05) is 39.1 Å². The van der Waals surface area contributed by atoms with E-state index in [0.29, 0.717) is 30.1 Å². The first-order chi connectivity index (χ1) is 14.8. The number of anilines is 1. The second kappa shape index (κ2) is 10.1. The average molecular weight is 424 g/mol. The molecule has 1 saturated heterocycles. The summed E-state index contributed by atoms with van der Waals surface area (Å²) in [7, 11) is 3.34. The van der Waals surface area contributed by atoms with Crippen LogP contribution in [0.1, 0.15) is 28.8 Å². The van der Waals surface area contributed by atoms with Gasteiger partial charge in [-0.05, 0) is 56.2 Å². The van der Waals surface area contributed by atoms with Gasteiger partial charge in [0.25, 0.3) is 11.8 Å². The van der Waals surface area contributed by atoms with Crippen LogP contribution in [0.5, 0.6) is 5.75 Å². The van der Waals surface area contributed by atoms with Gasteiger partial charge in [0.1, 0.15) is 5.75 Å². The molecule has 0 aliphatic carbocycles. The molecule has 2 aromatic rings. The fourth-order valence-electron chi connectivity index (χ4n) is 3.41. The van der Waals surface area contributed by atoms with Gasteiger partial charge in [-0.25, -0.2) is 0 Å². The third-order valence-electron chi connectivity index (χ3n) is 5.36. The number of likely N-dealkylation sites (tertiary alicyclic amines) is 1. The monoisotopic (exact) mass is 423 g/mol. The summed E-state index contributed by atoms with van der Waals surface area (Å²) < 4.78 is 5.45. The van der Waals surface area contributed by atoms with E-state index in [1.54, 1.807) is 43.3 Å². The van der Waals surface area contributed by atoms with Crippen molar-refractivity contribution in [2.45, 2.75) is 19.8 Å². The second-order valence-corrected chi connectivity index (χ2v) is 8.05. The molecule has 0 radical (unpaired) electrons. The van der Waals surface area contributed by atoms with Gasteiger partial charge in [-0.15, -0.1) is 0 Å². The van der Waals surface area contributed by atoms with Crippen LogP contribution in [-0.4, -0.2) is 61.3 Å². The molecule has 3 amide bonds. The Hall–Kier alpha value is -3.35. The summed E-state index contributed by atoms with van der Waals surface area (Å²) in [6.07, 6.45) is 1.54. The highest BCUT2D eigenvalue weighted by molar-refractivity contribution is 5.96. The Morgan fingerprint density at radius 1 is 1.06 bits per heavy atom. The molecule has 0 saturated carbocycles. The third-order valence-corrected chi connectivity index (χ3v) is 5.36. The summed E-state index contributed by atoms with van der Waals surface area (Å²) in [6, 6.07) is 14.4. The van der Waals surface area contributed by atoms with Crippen molar-refractivity contribution in [1.82, 2.24) is 9.80 Å². The number of nitrogens with zero attached hydrogens (tertiary/aromatic N) is 2. The Kier molecular flexibility index (Phi) is 7.28. The third kappa shape index (κ3) is 6.07. The topological polar surface area (TPSA) is 79.0 Å². The van der Waals surface area contributed by atoms with Gasteiger partial charge in [0, 0.05) is 38.4 Å². The number of carbonyl (C=O) groups excluding carboxylic acids is 3. The van der Waals surface area contributed by atoms with E-state index in [2.05, 4.69) is 5.32 Å². The van der Waals surface area contributed by atoms with E-state index in [0.717, 1.165) is 18.4 Å². The fraction of sp³-hybridized carbons (Fsp3) is 0.375. The van der Waals surface area contributed by atoms with Crippen LogP contribution in [0, 0.1) is 12.8 Å². The molecule has 0 spiro atoms.